The summed E-state index contributed by atoms with van der Waals surface area (Å²) in [6, 6.07) is -0.440. The molecule has 1 amide bonds. The third-order valence-electron chi connectivity index (χ3n) is 1.51. The Bertz CT molecular complexity index is 176. The molecule has 0 aromatic heterocycles. The Morgan fingerprint density at radius 3 is 2.90 bits per heavy atom. The molecule has 1 saturated heterocycles. The van der Waals surface area contributed by atoms with E-state index in [4.69, 9.17) is 11.6 Å². The third kappa shape index (κ3) is 1.08. The van der Waals surface area contributed by atoms with Gasteiger partial charge in [0.05, 0.1) is 5.71 Å². The highest BCUT2D eigenvalue weighted by Crippen LogP contribution is 2.00. The molecule has 1 fully saturated rings. The fourth-order valence-corrected chi connectivity index (χ4v) is 1.01. The number of amides is 1. The summed E-state index contributed by atoms with van der Waals surface area (Å²) in [4.78, 5) is 10.6. The van der Waals surface area contributed by atoms with Gasteiger partial charge in [-0.25, -0.2) is 0 Å². The summed E-state index contributed by atoms with van der Waals surface area (Å²) in [7, 11) is 0. The molecule has 10 heavy (non-hydrogen) atoms. The first-order valence-electron chi connectivity index (χ1n) is 3.05. The van der Waals surface area contributed by atoms with E-state index >= 15 is 0 Å². The molecular weight excluding hydrogens is 132 g/mol. The van der Waals surface area contributed by atoms with E-state index < -0.39 is 11.9 Å². The van der Waals surface area contributed by atoms with Crippen molar-refractivity contribution >= 4 is 11.6 Å². The van der Waals surface area contributed by atoms with Gasteiger partial charge in [0.15, 0.2) is 0 Å². The molecule has 0 spiro atoms. The molecule has 1 heterocycles. The van der Waals surface area contributed by atoms with Crippen molar-refractivity contribution in [2.75, 3.05) is 6.54 Å². The molecule has 1 aliphatic rings. The number of carbonyl (C=O) groups excluding carboxylic acids is 1. The van der Waals surface area contributed by atoms with Gasteiger partial charge in [-0.15, -0.1) is 0 Å². The van der Waals surface area contributed by atoms with Crippen molar-refractivity contribution in [1.29, 1.82) is 0 Å². The maximum absolute atomic E-state index is 10.6. The maximum atomic E-state index is 10.6. The third-order valence-corrected chi connectivity index (χ3v) is 1.51. The lowest BCUT2D eigenvalue weighted by Crippen LogP contribution is -2.41. The molecule has 5 N–H and O–H groups in total. The number of hydrogen-bond acceptors (Lipinski definition) is 4. The molecule has 1 rings (SSSR count). The number of carbonyl (C=O) groups is 1. The van der Waals surface area contributed by atoms with Gasteiger partial charge in [0.25, 0.3) is 0 Å². The van der Waals surface area contributed by atoms with Crippen LogP contribution in [0.5, 0.6) is 0 Å². The Hall–Kier alpha value is -1.10. The van der Waals surface area contributed by atoms with E-state index in [1.54, 1.807) is 0 Å². The molecule has 0 saturated carbocycles. The summed E-state index contributed by atoms with van der Waals surface area (Å²) in [6.45, 7) is 0.726. The fourth-order valence-electron chi connectivity index (χ4n) is 1.01. The lowest BCUT2D eigenvalue weighted by molar-refractivity contribution is -0.118. The van der Waals surface area contributed by atoms with Crippen LogP contribution in [0.25, 0.3) is 0 Å². The Labute approximate surface area is 58.4 Å². The minimum absolute atomic E-state index is 0.415. The molecule has 1 atom stereocenters. The highest BCUT2D eigenvalue weighted by Gasteiger charge is 2.26. The Morgan fingerprint density at radius 1 is 1.80 bits per heavy atom. The molecule has 0 aliphatic carbocycles. The Kier molecular flexibility index (Phi) is 1.86. The van der Waals surface area contributed by atoms with Crippen LogP contribution in [0.3, 0.4) is 0 Å². The summed E-state index contributed by atoms with van der Waals surface area (Å²) < 4.78 is 0. The van der Waals surface area contributed by atoms with Crippen molar-refractivity contribution < 1.29 is 4.79 Å². The molecule has 0 radical (unpaired) electrons. The standard InChI is InChI=1S/C5H10N4O/c6-5(10)4-3(9-7)1-2-8-4/h4,8H,1-2,7H2,(H2,6,10). The zero-order valence-electron chi connectivity index (χ0n) is 5.50. The molecule has 56 valence electrons. The van der Waals surface area contributed by atoms with Gasteiger partial charge in [-0.3, -0.25) is 4.79 Å². The number of hydrogen-bond donors (Lipinski definition) is 3. The Morgan fingerprint density at radius 2 is 2.50 bits per heavy atom. The maximum Gasteiger partial charge on any atom is 0.240 e. The van der Waals surface area contributed by atoms with Gasteiger partial charge in [0.1, 0.15) is 6.04 Å². The van der Waals surface area contributed by atoms with Crippen molar-refractivity contribution in [3.8, 4) is 0 Å². The van der Waals surface area contributed by atoms with E-state index in [1.165, 1.54) is 0 Å². The zero-order chi connectivity index (χ0) is 7.56. The van der Waals surface area contributed by atoms with E-state index in [1.807, 2.05) is 0 Å². The molecule has 1 unspecified atom stereocenters. The average molecular weight is 142 g/mol. The van der Waals surface area contributed by atoms with E-state index in [0.717, 1.165) is 6.54 Å². The van der Waals surface area contributed by atoms with Crippen molar-refractivity contribution in [2.24, 2.45) is 16.7 Å². The van der Waals surface area contributed by atoms with Crippen LogP contribution in [-0.4, -0.2) is 24.2 Å². The van der Waals surface area contributed by atoms with Crippen LogP contribution in [0.15, 0.2) is 5.10 Å². The SMILES string of the molecule is NN=C1CCNC1C(N)=O. The van der Waals surface area contributed by atoms with Crippen LogP contribution < -0.4 is 16.9 Å². The molecule has 5 heteroatoms. The Balaban J connectivity index is 2.68. The first-order valence-corrected chi connectivity index (χ1v) is 3.05. The molecule has 5 nitrogen and oxygen atoms in total. The molecule has 0 aromatic rings. The van der Waals surface area contributed by atoms with Gasteiger partial charge < -0.3 is 16.9 Å². The number of nitrogens with zero attached hydrogens (tertiary/aromatic N) is 1. The second-order valence-electron chi connectivity index (χ2n) is 2.16. The summed E-state index contributed by atoms with van der Waals surface area (Å²) in [5.74, 6) is 4.59. The summed E-state index contributed by atoms with van der Waals surface area (Å²) >= 11 is 0. The van der Waals surface area contributed by atoms with E-state index in [-0.39, 0.29) is 0 Å². The molecular formula is C5H10N4O. The summed E-state index contributed by atoms with van der Waals surface area (Å²) in [6.07, 6.45) is 0.712. The van der Waals surface area contributed by atoms with Crippen molar-refractivity contribution in [1.82, 2.24) is 5.32 Å². The number of rotatable bonds is 1. The fraction of sp³-hybridized carbons (Fsp3) is 0.600. The normalized spacial score (nSPS) is 29.2. The largest absolute Gasteiger partial charge is 0.368 e. The van der Waals surface area contributed by atoms with Gasteiger partial charge in [0, 0.05) is 13.0 Å². The zero-order valence-corrected chi connectivity index (χ0v) is 5.50. The topological polar surface area (TPSA) is 93.5 Å². The van der Waals surface area contributed by atoms with Gasteiger partial charge in [-0.2, -0.15) is 5.10 Å². The van der Waals surface area contributed by atoms with Gasteiger partial charge in [0.2, 0.25) is 5.91 Å². The number of nitrogens with two attached hydrogens (primary N) is 2. The van der Waals surface area contributed by atoms with Crippen LogP contribution >= 0.6 is 0 Å². The second kappa shape index (κ2) is 2.66. The summed E-state index contributed by atoms with van der Waals surface area (Å²) in [5, 5.41) is 6.32. The van der Waals surface area contributed by atoms with Crippen molar-refractivity contribution in [3.05, 3.63) is 0 Å². The van der Waals surface area contributed by atoms with Gasteiger partial charge in [-0.1, -0.05) is 0 Å². The summed E-state index contributed by atoms with van der Waals surface area (Å²) in [5.41, 5.74) is 5.67. The smallest absolute Gasteiger partial charge is 0.240 e. The molecule has 0 aromatic carbocycles. The minimum Gasteiger partial charge on any atom is -0.368 e. The lowest BCUT2D eigenvalue weighted by Gasteiger charge is -2.03. The first-order chi connectivity index (χ1) is 4.75. The first kappa shape index (κ1) is 7.01. The van der Waals surface area contributed by atoms with Crippen LogP contribution in [-0.2, 0) is 4.79 Å². The number of primary amides is 1. The highest BCUT2D eigenvalue weighted by atomic mass is 16.1. The highest BCUT2D eigenvalue weighted by molar-refractivity contribution is 6.08. The van der Waals surface area contributed by atoms with Crippen LogP contribution in [0.1, 0.15) is 6.42 Å². The monoisotopic (exact) mass is 142 g/mol. The second-order valence-corrected chi connectivity index (χ2v) is 2.16. The average Bonchev–Trinajstić information content (AvgIpc) is 2.33. The van der Waals surface area contributed by atoms with Crippen LogP contribution in [0.2, 0.25) is 0 Å². The van der Waals surface area contributed by atoms with E-state index in [2.05, 4.69) is 10.4 Å². The minimum atomic E-state index is -0.440. The number of nitrogens with one attached hydrogen (secondary N) is 1. The van der Waals surface area contributed by atoms with E-state index in [9.17, 15) is 4.79 Å². The van der Waals surface area contributed by atoms with Gasteiger partial charge >= 0.3 is 0 Å². The van der Waals surface area contributed by atoms with Crippen LogP contribution in [0.4, 0.5) is 0 Å². The van der Waals surface area contributed by atoms with Gasteiger partial charge in [-0.05, 0) is 0 Å². The number of hydrazone groups is 1. The predicted octanol–water partition coefficient (Wildman–Crippen LogP) is -1.85. The quantitative estimate of drug-likeness (QED) is 0.296. The lowest BCUT2D eigenvalue weighted by atomic mass is 10.2. The predicted molar refractivity (Wildman–Crippen MR) is 37.2 cm³/mol. The van der Waals surface area contributed by atoms with Crippen molar-refractivity contribution in [3.63, 3.8) is 0 Å². The van der Waals surface area contributed by atoms with Crippen LogP contribution in [0, 0.1) is 0 Å². The van der Waals surface area contributed by atoms with E-state index in [0.29, 0.717) is 12.1 Å². The molecule has 1 aliphatic heterocycles. The van der Waals surface area contributed by atoms with Crippen molar-refractivity contribution in [2.45, 2.75) is 12.5 Å². The molecule has 0 bridgehead atoms.